The summed E-state index contributed by atoms with van der Waals surface area (Å²) in [6.07, 6.45) is 3.50. The molecule has 1 aromatic carbocycles. The van der Waals surface area contributed by atoms with Crippen LogP contribution in [0, 0.1) is 11.2 Å². The first-order valence-corrected chi connectivity index (χ1v) is 8.06. The van der Waals surface area contributed by atoms with Crippen molar-refractivity contribution in [1.82, 2.24) is 5.32 Å². The lowest BCUT2D eigenvalue weighted by molar-refractivity contribution is 0.0210. The molecule has 0 saturated heterocycles. The molecule has 106 valence electrons. The van der Waals surface area contributed by atoms with Gasteiger partial charge in [-0.05, 0) is 70.8 Å². The summed E-state index contributed by atoms with van der Waals surface area (Å²) in [6, 6.07) is 6.09. The van der Waals surface area contributed by atoms with Crippen molar-refractivity contribution < 1.29 is 4.39 Å². The van der Waals surface area contributed by atoms with Gasteiger partial charge in [-0.15, -0.1) is 0 Å². The SMILES string of the molecule is CCNC1CC(c2ccc(F)c(Br)c2)C1(CC)CC. The van der Waals surface area contributed by atoms with Gasteiger partial charge in [-0.1, -0.05) is 26.8 Å². The second kappa shape index (κ2) is 5.92. The Balaban J connectivity index is 2.27. The Labute approximate surface area is 124 Å². The second-order valence-corrected chi connectivity index (χ2v) is 6.37. The van der Waals surface area contributed by atoms with Crippen LogP contribution in [0.3, 0.4) is 0 Å². The highest BCUT2D eigenvalue weighted by molar-refractivity contribution is 9.10. The maximum Gasteiger partial charge on any atom is 0.137 e. The first-order chi connectivity index (χ1) is 9.08. The molecule has 19 heavy (non-hydrogen) atoms. The number of hydrogen-bond donors (Lipinski definition) is 1. The molecule has 1 nitrogen and oxygen atoms in total. The predicted molar refractivity (Wildman–Crippen MR) is 81.9 cm³/mol. The molecule has 0 amide bonds. The predicted octanol–water partition coefficient (Wildman–Crippen LogP) is 4.86. The van der Waals surface area contributed by atoms with E-state index in [-0.39, 0.29) is 5.82 Å². The number of halogens is 2. The van der Waals surface area contributed by atoms with E-state index in [1.165, 1.54) is 18.4 Å². The van der Waals surface area contributed by atoms with Gasteiger partial charge in [-0.25, -0.2) is 4.39 Å². The van der Waals surface area contributed by atoms with Gasteiger partial charge in [0.25, 0.3) is 0 Å². The van der Waals surface area contributed by atoms with Crippen LogP contribution in [-0.2, 0) is 0 Å². The van der Waals surface area contributed by atoms with E-state index in [2.05, 4.69) is 42.0 Å². The van der Waals surface area contributed by atoms with Gasteiger partial charge in [0, 0.05) is 6.04 Å². The molecule has 1 N–H and O–H groups in total. The van der Waals surface area contributed by atoms with Crippen molar-refractivity contribution in [3.8, 4) is 0 Å². The molecule has 1 aliphatic rings. The van der Waals surface area contributed by atoms with Gasteiger partial charge in [-0.2, -0.15) is 0 Å². The summed E-state index contributed by atoms with van der Waals surface area (Å²) in [5, 5.41) is 3.61. The first kappa shape index (κ1) is 15.0. The van der Waals surface area contributed by atoms with E-state index in [4.69, 9.17) is 0 Å². The Morgan fingerprint density at radius 1 is 1.32 bits per heavy atom. The van der Waals surface area contributed by atoms with Crippen LogP contribution < -0.4 is 5.32 Å². The molecular weight excluding hydrogens is 305 g/mol. The Morgan fingerprint density at radius 3 is 2.53 bits per heavy atom. The zero-order valence-corrected chi connectivity index (χ0v) is 13.6. The van der Waals surface area contributed by atoms with Crippen molar-refractivity contribution in [2.24, 2.45) is 5.41 Å². The topological polar surface area (TPSA) is 12.0 Å². The fourth-order valence-electron chi connectivity index (χ4n) is 3.75. The molecule has 3 heteroatoms. The fraction of sp³-hybridized carbons (Fsp3) is 0.625. The molecule has 0 aromatic heterocycles. The summed E-state index contributed by atoms with van der Waals surface area (Å²) < 4.78 is 14.0. The van der Waals surface area contributed by atoms with Crippen LogP contribution in [0.25, 0.3) is 0 Å². The van der Waals surface area contributed by atoms with Gasteiger partial charge in [0.2, 0.25) is 0 Å². The summed E-state index contributed by atoms with van der Waals surface area (Å²) >= 11 is 3.30. The number of rotatable bonds is 5. The minimum absolute atomic E-state index is 0.176. The molecule has 0 radical (unpaired) electrons. The molecular formula is C16H23BrFN. The summed E-state index contributed by atoms with van der Waals surface area (Å²) in [6.45, 7) is 7.74. The molecule has 2 unspecified atom stereocenters. The van der Waals surface area contributed by atoms with E-state index in [0.717, 1.165) is 13.0 Å². The molecule has 1 fully saturated rings. The van der Waals surface area contributed by atoms with Crippen molar-refractivity contribution in [2.75, 3.05) is 6.54 Å². The van der Waals surface area contributed by atoms with Gasteiger partial charge in [0.1, 0.15) is 5.82 Å². The van der Waals surface area contributed by atoms with Crippen LogP contribution in [0.4, 0.5) is 4.39 Å². The van der Waals surface area contributed by atoms with E-state index < -0.39 is 0 Å². The van der Waals surface area contributed by atoms with Crippen molar-refractivity contribution in [3.63, 3.8) is 0 Å². The third kappa shape index (κ3) is 2.47. The fourth-order valence-corrected chi connectivity index (χ4v) is 4.15. The lowest BCUT2D eigenvalue weighted by Gasteiger charge is -2.56. The zero-order chi connectivity index (χ0) is 14.0. The van der Waals surface area contributed by atoms with Crippen molar-refractivity contribution in [1.29, 1.82) is 0 Å². The molecule has 1 aromatic rings. The standard InChI is InChI=1S/C16H23BrFN/c1-4-16(5-2)12(10-15(16)19-6-3)11-7-8-14(18)13(17)9-11/h7-9,12,15,19H,4-6,10H2,1-3H3. The van der Waals surface area contributed by atoms with Crippen LogP contribution in [-0.4, -0.2) is 12.6 Å². The minimum atomic E-state index is -0.176. The number of benzene rings is 1. The van der Waals surface area contributed by atoms with Crippen molar-refractivity contribution >= 4 is 15.9 Å². The molecule has 2 atom stereocenters. The largest absolute Gasteiger partial charge is 0.314 e. The van der Waals surface area contributed by atoms with Crippen LogP contribution >= 0.6 is 15.9 Å². The molecule has 0 bridgehead atoms. The third-order valence-electron chi connectivity index (χ3n) is 4.97. The van der Waals surface area contributed by atoms with E-state index in [1.54, 1.807) is 6.07 Å². The van der Waals surface area contributed by atoms with Crippen molar-refractivity contribution in [3.05, 3.63) is 34.1 Å². The van der Waals surface area contributed by atoms with Gasteiger partial charge >= 0.3 is 0 Å². The lowest BCUT2D eigenvalue weighted by atomic mass is 9.52. The van der Waals surface area contributed by atoms with Crippen LogP contribution in [0.5, 0.6) is 0 Å². The van der Waals surface area contributed by atoms with Crippen molar-refractivity contribution in [2.45, 2.75) is 52.0 Å². The van der Waals surface area contributed by atoms with Crippen LogP contribution in [0.2, 0.25) is 0 Å². The first-order valence-electron chi connectivity index (χ1n) is 7.27. The van der Waals surface area contributed by atoms with E-state index >= 15 is 0 Å². The molecule has 0 aliphatic heterocycles. The highest BCUT2D eigenvalue weighted by atomic mass is 79.9. The molecule has 0 spiro atoms. The van der Waals surface area contributed by atoms with Gasteiger partial charge in [0.05, 0.1) is 4.47 Å². The molecule has 1 saturated carbocycles. The summed E-state index contributed by atoms with van der Waals surface area (Å²) in [7, 11) is 0. The summed E-state index contributed by atoms with van der Waals surface area (Å²) in [5.74, 6) is 0.369. The van der Waals surface area contributed by atoms with Crippen LogP contribution in [0.15, 0.2) is 22.7 Å². The average molecular weight is 328 g/mol. The number of hydrogen-bond acceptors (Lipinski definition) is 1. The maximum atomic E-state index is 13.4. The maximum absolute atomic E-state index is 13.4. The van der Waals surface area contributed by atoms with Gasteiger partial charge in [-0.3, -0.25) is 0 Å². The highest BCUT2D eigenvalue weighted by Gasteiger charge is 2.52. The Bertz CT molecular complexity index is 442. The quantitative estimate of drug-likeness (QED) is 0.814. The van der Waals surface area contributed by atoms with Crippen LogP contribution in [0.1, 0.15) is 51.5 Å². The Hall–Kier alpha value is -0.410. The van der Waals surface area contributed by atoms with E-state index in [9.17, 15) is 4.39 Å². The molecule has 1 aliphatic carbocycles. The smallest absolute Gasteiger partial charge is 0.137 e. The van der Waals surface area contributed by atoms with E-state index in [0.29, 0.717) is 21.8 Å². The average Bonchev–Trinajstić information content (AvgIpc) is 2.39. The normalized spacial score (nSPS) is 25.1. The zero-order valence-electron chi connectivity index (χ0n) is 12.0. The molecule has 0 heterocycles. The minimum Gasteiger partial charge on any atom is -0.314 e. The Kier molecular flexibility index (Phi) is 4.67. The van der Waals surface area contributed by atoms with Gasteiger partial charge < -0.3 is 5.32 Å². The monoisotopic (exact) mass is 327 g/mol. The summed E-state index contributed by atoms with van der Waals surface area (Å²) in [5.41, 5.74) is 1.60. The lowest BCUT2D eigenvalue weighted by Crippen LogP contribution is -2.58. The number of nitrogens with one attached hydrogen (secondary N) is 1. The molecule has 2 rings (SSSR count). The second-order valence-electron chi connectivity index (χ2n) is 5.51. The Morgan fingerprint density at radius 2 is 2.00 bits per heavy atom. The van der Waals surface area contributed by atoms with E-state index in [1.807, 2.05) is 12.1 Å². The summed E-state index contributed by atoms with van der Waals surface area (Å²) in [4.78, 5) is 0. The highest BCUT2D eigenvalue weighted by Crippen LogP contribution is 2.57. The third-order valence-corrected chi connectivity index (χ3v) is 5.58. The van der Waals surface area contributed by atoms with Gasteiger partial charge in [0.15, 0.2) is 0 Å².